The summed E-state index contributed by atoms with van der Waals surface area (Å²) in [5, 5.41) is 6.13. The molecule has 4 rings (SSSR count). The largest absolute Gasteiger partial charge is 0.378 e. The lowest BCUT2D eigenvalue weighted by Crippen LogP contribution is -2.46. The molecule has 4 heteroatoms. The normalized spacial score (nSPS) is 26.6. The molecule has 1 saturated heterocycles. The third-order valence-corrected chi connectivity index (χ3v) is 5.41. The molecule has 2 aliphatic carbocycles. The van der Waals surface area contributed by atoms with Crippen molar-refractivity contribution in [3.63, 3.8) is 0 Å². The van der Waals surface area contributed by atoms with E-state index in [-0.39, 0.29) is 12.1 Å². The Morgan fingerprint density at radius 1 is 1.17 bits per heavy atom. The van der Waals surface area contributed by atoms with Gasteiger partial charge < -0.3 is 15.4 Å². The molecule has 2 amide bonds. The Balaban J connectivity index is 1.25. The maximum Gasteiger partial charge on any atom is 0.315 e. The Hall–Kier alpha value is -1.55. The fourth-order valence-corrected chi connectivity index (χ4v) is 3.91. The molecule has 124 valence electrons. The number of nitrogens with one attached hydrogen (secondary N) is 2. The quantitative estimate of drug-likeness (QED) is 0.898. The summed E-state index contributed by atoms with van der Waals surface area (Å²) in [6, 6.07) is 6.82. The zero-order valence-electron chi connectivity index (χ0n) is 13.6. The van der Waals surface area contributed by atoms with Gasteiger partial charge in [0.25, 0.3) is 0 Å². The monoisotopic (exact) mass is 314 g/mol. The van der Waals surface area contributed by atoms with E-state index < -0.39 is 0 Å². The number of hydrogen-bond donors (Lipinski definition) is 2. The van der Waals surface area contributed by atoms with Gasteiger partial charge in [-0.05, 0) is 67.6 Å². The maximum absolute atomic E-state index is 12.1. The topological polar surface area (TPSA) is 50.4 Å². The molecule has 0 spiro atoms. The van der Waals surface area contributed by atoms with E-state index in [1.807, 2.05) is 0 Å². The van der Waals surface area contributed by atoms with Crippen LogP contribution in [-0.4, -0.2) is 24.8 Å². The van der Waals surface area contributed by atoms with Gasteiger partial charge in [-0.25, -0.2) is 4.79 Å². The third kappa shape index (κ3) is 3.69. The molecule has 2 unspecified atom stereocenters. The van der Waals surface area contributed by atoms with Gasteiger partial charge in [-0.3, -0.25) is 0 Å². The Kier molecular flexibility index (Phi) is 4.25. The Labute approximate surface area is 138 Å². The minimum absolute atomic E-state index is 0.0491. The van der Waals surface area contributed by atoms with Gasteiger partial charge in [-0.15, -0.1) is 0 Å². The minimum Gasteiger partial charge on any atom is -0.378 e. The SMILES string of the molecule is O=C(NCc1ccc2c(c1)CCC2)NC1CCOC(C2CC2)C1. The van der Waals surface area contributed by atoms with Crippen molar-refractivity contribution >= 4 is 6.03 Å². The second-order valence-corrected chi connectivity index (χ2v) is 7.25. The first kappa shape index (κ1) is 15.0. The van der Waals surface area contributed by atoms with E-state index >= 15 is 0 Å². The van der Waals surface area contributed by atoms with Crippen LogP contribution in [0.1, 0.15) is 48.8 Å². The number of rotatable bonds is 4. The number of hydrogen-bond acceptors (Lipinski definition) is 2. The first-order valence-electron chi connectivity index (χ1n) is 9.04. The molecule has 0 radical (unpaired) electrons. The smallest absolute Gasteiger partial charge is 0.315 e. The second kappa shape index (κ2) is 6.52. The van der Waals surface area contributed by atoms with Gasteiger partial charge >= 0.3 is 6.03 Å². The molecular formula is C19H26N2O2. The lowest BCUT2D eigenvalue weighted by molar-refractivity contribution is -0.00914. The molecule has 23 heavy (non-hydrogen) atoms. The summed E-state index contributed by atoms with van der Waals surface area (Å²) in [5.74, 6) is 0.745. The van der Waals surface area contributed by atoms with Crippen LogP contribution in [0.3, 0.4) is 0 Å². The lowest BCUT2D eigenvalue weighted by Gasteiger charge is -2.30. The molecule has 3 aliphatic rings. The predicted molar refractivity (Wildman–Crippen MR) is 89.3 cm³/mol. The van der Waals surface area contributed by atoms with Crippen LogP contribution in [0.5, 0.6) is 0 Å². The van der Waals surface area contributed by atoms with E-state index in [2.05, 4.69) is 28.8 Å². The average molecular weight is 314 g/mol. The fourth-order valence-electron chi connectivity index (χ4n) is 3.91. The van der Waals surface area contributed by atoms with E-state index in [1.165, 1.54) is 48.8 Å². The van der Waals surface area contributed by atoms with Crippen molar-refractivity contribution in [2.24, 2.45) is 5.92 Å². The number of urea groups is 1. The number of benzene rings is 1. The molecule has 1 aliphatic heterocycles. The van der Waals surface area contributed by atoms with Gasteiger partial charge in [0, 0.05) is 19.2 Å². The van der Waals surface area contributed by atoms with Gasteiger partial charge in [0.05, 0.1) is 6.10 Å². The first-order valence-corrected chi connectivity index (χ1v) is 9.04. The summed E-state index contributed by atoms with van der Waals surface area (Å²) in [7, 11) is 0. The van der Waals surface area contributed by atoms with Crippen molar-refractivity contribution in [1.29, 1.82) is 0 Å². The van der Waals surface area contributed by atoms with Gasteiger partial charge in [-0.2, -0.15) is 0 Å². The van der Waals surface area contributed by atoms with Crippen molar-refractivity contribution < 1.29 is 9.53 Å². The highest BCUT2D eigenvalue weighted by Crippen LogP contribution is 2.38. The number of carbonyl (C=O) groups excluding carboxylic acids is 1. The molecule has 0 bridgehead atoms. The second-order valence-electron chi connectivity index (χ2n) is 7.25. The van der Waals surface area contributed by atoms with E-state index in [0.29, 0.717) is 12.6 Å². The summed E-state index contributed by atoms with van der Waals surface area (Å²) < 4.78 is 5.81. The number of amides is 2. The van der Waals surface area contributed by atoms with E-state index in [0.717, 1.165) is 25.4 Å². The van der Waals surface area contributed by atoms with Crippen LogP contribution in [0.15, 0.2) is 18.2 Å². The molecule has 4 nitrogen and oxygen atoms in total. The van der Waals surface area contributed by atoms with Crippen LogP contribution in [0.2, 0.25) is 0 Å². The highest BCUT2D eigenvalue weighted by molar-refractivity contribution is 5.74. The molecule has 1 saturated carbocycles. The van der Waals surface area contributed by atoms with Crippen LogP contribution < -0.4 is 10.6 Å². The number of carbonyl (C=O) groups is 1. The number of aryl methyl sites for hydroxylation is 2. The third-order valence-electron chi connectivity index (χ3n) is 5.41. The van der Waals surface area contributed by atoms with Crippen molar-refractivity contribution in [2.45, 2.75) is 63.6 Å². The van der Waals surface area contributed by atoms with Crippen molar-refractivity contribution in [3.8, 4) is 0 Å². The van der Waals surface area contributed by atoms with Gasteiger partial charge in [-0.1, -0.05) is 18.2 Å². The Morgan fingerprint density at radius 2 is 2.04 bits per heavy atom. The number of fused-ring (bicyclic) bond motifs is 1. The predicted octanol–water partition coefficient (Wildman–Crippen LogP) is 2.93. The minimum atomic E-state index is -0.0491. The molecule has 2 fully saturated rings. The van der Waals surface area contributed by atoms with Crippen LogP contribution in [0.25, 0.3) is 0 Å². The van der Waals surface area contributed by atoms with Crippen LogP contribution in [0.4, 0.5) is 4.79 Å². The van der Waals surface area contributed by atoms with Crippen molar-refractivity contribution in [1.82, 2.24) is 10.6 Å². The highest BCUT2D eigenvalue weighted by atomic mass is 16.5. The summed E-state index contributed by atoms with van der Waals surface area (Å²) in [6.07, 6.45) is 8.50. The molecule has 1 aromatic carbocycles. The lowest BCUT2D eigenvalue weighted by atomic mass is 10.0. The highest BCUT2D eigenvalue weighted by Gasteiger charge is 2.36. The van der Waals surface area contributed by atoms with E-state index in [1.54, 1.807) is 0 Å². The zero-order valence-corrected chi connectivity index (χ0v) is 13.6. The standard InChI is InChI=1S/C19H26N2O2/c22-19(21-17-8-9-23-18(11-17)15-6-7-15)20-12-13-4-5-14-2-1-3-16(14)10-13/h4-5,10,15,17-18H,1-3,6-9,11-12H2,(H2,20,21,22). The molecular weight excluding hydrogens is 288 g/mol. The Bertz CT molecular complexity index is 583. The molecule has 2 N–H and O–H groups in total. The first-order chi connectivity index (χ1) is 11.3. The van der Waals surface area contributed by atoms with Gasteiger partial charge in [0.2, 0.25) is 0 Å². The van der Waals surface area contributed by atoms with Gasteiger partial charge in [0.1, 0.15) is 0 Å². The van der Waals surface area contributed by atoms with E-state index in [4.69, 9.17) is 4.74 Å². The molecule has 2 atom stereocenters. The molecule has 1 heterocycles. The number of ether oxygens (including phenoxy) is 1. The van der Waals surface area contributed by atoms with Gasteiger partial charge in [0.15, 0.2) is 0 Å². The van der Waals surface area contributed by atoms with Crippen LogP contribution in [0, 0.1) is 5.92 Å². The zero-order chi connectivity index (χ0) is 15.6. The molecule has 1 aromatic rings. The van der Waals surface area contributed by atoms with Crippen molar-refractivity contribution in [2.75, 3.05) is 6.61 Å². The summed E-state index contributed by atoms with van der Waals surface area (Å²) in [4.78, 5) is 12.1. The van der Waals surface area contributed by atoms with Crippen LogP contribution in [-0.2, 0) is 24.1 Å². The maximum atomic E-state index is 12.1. The molecule has 0 aromatic heterocycles. The fraction of sp³-hybridized carbons (Fsp3) is 0.632. The summed E-state index contributed by atoms with van der Waals surface area (Å²) in [5.41, 5.74) is 4.14. The average Bonchev–Trinajstić information content (AvgIpc) is 3.31. The summed E-state index contributed by atoms with van der Waals surface area (Å²) >= 11 is 0. The Morgan fingerprint density at radius 3 is 2.91 bits per heavy atom. The van der Waals surface area contributed by atoms with Crippen molar-refractivity contribution in [3.05, 3.63) is 34.9 Å². The van der Waals surface area contributed by atoms with E-state index in [9.17, 15) is 4.79 Å². The summed E-state index contributed by atoms with van der Waals surface area (Å²) in [6.45, 7) is 1.38. The van der Waals surface area contributed by atoms with Crippen LogP contribution >= 0.6 is 0 Å².